The summed E-state index contributed by atoms with van der Waals surface area (Å²) in [5.74, 6) is -0.627. The molecule has 4 rings (SSSR count). The summed E-state index contributed by atoms with van der Waals surface area (Å²) in [6.45, 7) is 1.70. The molecule has 7 heteroatoms. The van der Waals surface area contributed by atoms with E-state index in [0.29, 0.717) is 37.3 Å². The number of hydrogen-bond acceptors (Lipinski definition) is 4. The molecule has 0 aromatic heterocycles. The van der Waals surface area contributed by atoms with Gasteiger partial charge in [0.1, 0.15) is 6.54 Å². The largest absolute Gasteiger partial charge is 0.339 e. The lowest BCUT2D eigenvalue weighted by Crippen LogP contribution is -2.54. The molecule has 3 aliphatic rings. The Labute approximate surface area is 151 Å². The van der Waals surface area contributed by atoms with Crippen molar-refractivity contribution in [1.82, 2.24) is 14.7 Å². The van der Waals surface area contributed by atoms with Crippen LogP contribution in [0.5, 0.6) is 0 Å². The standard InChI is InChI=1S/C19H21N3O4/c23-16-11-14-3-1-2-4-15(14)19(26)22(16)12-17(24)20-7-9-21(10-8-20)18(25)13-5-6-13/h1-4,13H,5-12H2. The second-order valence-corrected chi connectivity index (χ2v) is 7.10. The molecule has 4 amide bonds. The third kappa shape index (κ3) is 3.09. The molecule has 2 aliphatic heterocycles. The highest BCUT2D eigenvalue weighted by Gasteiger charge is 2.36. The van der Waals surface area contributed by atoms with Gasteiger partial charge in [-0.05, 0) is 24.5 Å². The highest BCUT2D eigenvalue weighted by Crippen LogP contribution is 2.31. The second kappa shape index (κ2) is 6.55. The summed E-state index contributed by atoms with van der Waals surface area (Å²) >= 11 is 0. The first-order valence-electron chi connectivity index (χ1n) is 9.04. The van der Waals surface area contributed by atoms with Crippen molar-refractivity contribution < 1.29 is 19.2 Å². The summed E-state index contributed by atoms with van der Waals surface area (Å²) < 4.78 is 0. The van der Waals surface area contributed by atoms with Crippen molar-refractivity contribution >= 4 is 23.6 Å². The van der Waals surface area contributed by atoms with E-state index in [0.717, 1.165) is 17.7 Å². The fourth-order valence-electron chi connectivity index (χ4n) is 3.56. The minimum absolute atomic E-state index is 0.138. The average molecular weight is 355 g/mol. The highest BCUT2D eigenvalue weighted by atomic mass is 16.2. The third-order valence-electron chi connectivity index (χ3n) is 5.30. The molecule has 1 aromatic rings. The van der Waals surface area contributed by atoms with Gasteiger partial charge in [0, 0.05) is 37.7 Å². The van der Waals surface area contributed by atoms with Crippen LogP contribution in [0.25, 0.3) is 0 Å². The van der Waals surface area contributed by atoms with Crippen molar-refractivity contribution in [3.05, 3.63) is 35.4 Å². The van der Waals surface area contributed by atoms with Crippen LogP contribution in [-0.2, 0) is 20.8 Å². The van der Waals surface area contributed by atoms with Crippen LogP contribution in [0.15, 0.2) is 24.3 Å². The molecule has 1 saturated carbocycles. The number of nitrogens with zero attached hydrogens (tertiary/aromatic N) is 3. The van der Waals surface area contributed by atoms with E-state index in [1.807, 2.05) is 4.90 Å². The third-order valence-corrected chi connectivity index (χ3v) is 5.30. The number of fused-ring (bicyclic) bond motifs is 1. The maximum Gasteiger partial charge on any atom is 0.261 e. The number of amides is 4. The average Bonchev–Trinajstić information content (AvgIpc) is 3.50. The van der Waals surface area contributed by atoms with Crippen molar-refractivity contribution in [2.75, 3.05) is 32.7 Å². The van der Waals surface area contributed by atoms with Gasteiger partial charge in [0.2, 0.25) is 17.7 Å². The Morgan fingerprint density at radius 1 is 0.962 bits per heavy atom. The van der Waals surface area contributed by atoms with Crippen LogP contribution in [-0.4, -0.2) is 71.1 Å². The molecule has 1 aliphatic carbocycles. The van der Waals surface area contributed by atoms with Gasteiger partial charge in [0.15, 0.2) is 0 Å². The van der Waals surface area contributed by atoms with Crippen LogP contribution >= 0.6 is 0 Å². The number of imide groups is 1. The molecule has 0 atom stereocenters. The van der Waals surface area contributed by atoms with Crippen LogP contribution in [0.2, 0.25) is 0 Å². The van der Waals surface area contributed by atoms with Gasteiger partial charge in [-0.1, -0.05) is 18.2 Å². The van der Waals surface area contributed by atoms with Gasteiger partial charge in [0.25, 0.3) is 5.91 Å². The van der Waals surface area contributed by atoms with Gasteiger partial charge in [0.05, 0.1) is 6.42 Å². The number of benzene rings is 1. The molecule has 2 heterocycles. The highest BCUT2D eigenvalue weighted by molar-refractivity contribution is 6.11. The first kappa shape index (κ1) is 16.8. The summed E-state index contributed by atoms with van der Waals surface area (Å²) in [4.78, 5) is 54.0. The lowest BCUT2D eigenvalue weighted by atomic mass is 9.98. The molecule has 2 fully saturated rings. The molecule has 0 unspecified atom stereocenters. The Kier molecular flexibility index (Phi) is 4.22. The summed E-state index contributed by atoms with van der Waals surface area (Å²) in [5, 5.41) is 0. The molecule has 1 saturated heterocycles. The quantitative estimate of drug-likeness (QED) is 0.731. The monoisotopic (exact) mass is 355 g/mol. The predicted molar refractivity (Wildman–Crippen MR) is 92.1 cm³/mol. The summed E-state index contributed by atoms with van der Waals surface area (Å²) in [5.41, 5.74) is 1.19. The van der Waals surface area contributed by atoms with E-state index in [2.05, 4.69) is 0 Å². The molecule has 1 aromatic carbocycles. The van der Waals surface area contributed by atoms with Gasteiger partial charge < -0.3 is 9.80 Å². The van der Waals surface area contributed by atoms with Crippen molar-refractivity contribution in [3.8, 4) is 0 Å². The van der Waals surface area contributed by atoms with Crippen molar-refractivity contribution in [2.24, 2.45) is 5.92 Å². The maximum absolute atomic E-state index is 12.6. The van der Waals surface area contributed by atoms with E-state index in [9.17, 15) is 19.2 Å². The van der Waals surface area contributed by atoms with Crippen molar-refractivity contribution in [2.45, 2.75) is 19.3 Å². The SMILES string of the molecule is O=C(CN1C(=O)Cc2ccccc2C1=O)N1CCN(C(=O)C2CC2)CC1. The zero-order chi connectivity index (χ0) is 18.3. The Morgan fingerprint density at radius 2 is 1.62 bits per heavy atom. The van der Waals surface area contributed by atoms with Gasteiger partial charge in [-0.3, -0.25) is 24.1 Å². The number of piperazine rings is 1. The van der Waals surface area contributed by atoms with Crippen LogP contribution in [0.1, 0.15) is 28.8 Å². The molecule has 136 valence electrons. The topological polar surface area (TPSA) is 78.0 Å². The van der Waals surface area contributed by atoms with Gasteiger partial charge in [-0.15, -0.1) is 0 Å². The van der Waals surface area contributed by atoms with Crippen LogP contribution in [0.3, 0.4) is 0 Å². The molecule has 7 nitrogen and oxygen atoms in total. The molecular formula is C19H21N3O4. The Hall–Kier alpha value is -2.70. The number of carbonyl (C=O) groups is 4. The zero-order valence-corrected chi connectivity index (χ0v) is 14.5. The minimum atomic E-state index is -0.409. The molecular weight excluding hydrogens is 334 g/mol. The second-order valence-electron chi connectivity index (χ2n) is 7.10. The number of carbonyl (C=O) groups excluding carboxylic acids is 4. The van der Waals surface area contributed by atoms with Crippen LogP contribution in [0, 0.1) is 5.92 Å². The lowest BCUT2D eigenvalue weighted by Gasteiger charge is -2.36. The summed E-state index contributed by atoms with van der Waals surface area (Å²) in [6.07, 6.45) is 2.08. The zero-order valence-electron chi connectivity index (χ0n) is 14.5. The van der Waals surface area contributed by atoms with E-state index in [4.69, 9.17) is 0 Å². The van der Waals surface area contributed by atoms with E-state index in [1.165, 1.54) is 0 Å². The first-order chi connectivity index (χ1) is 12.5. The van der Waals surface area contributed by atoms with Crippen molar-refractivity contribution in [3.63, 3.8) is 0 Å². The van der Waals surface area contributed by atoms with Gasteiger partial charge in [-0.25, -0.2) is 0 Å². The molecule has 0 radical (unpaired) electrons. The van der Waals surface area contributed by atoms with Crippen LogP contribution < -0.4 is 0 Å². The normalized spacial score (nSPS) is 20.2. The maximum atomic E-state index is 12.6. The number of rotatable bonds is 3. The van der Waals surface area contributed by atoms with Gasteiger partial charge >= 0.3 is 0 Å². The first-order valence-corrected chi connectivity index (χ1v) is 9.04. The predicted octanol–water partition coefficient (Wildman–Crippen LogP) is 0.292. The molecule has 0 N–H and O–H groups in total. The lowest BCUT2D eigenvalue weighted by molar-refractivity contribution is -0.142. The Bertz CT molecular complexity index is 779. The fourth-order valence-corrected chi connectivity index (χ4v) is 3.56. The molecule has 0 bridgehead atoms. The van der Waals surface area contributed by atoms with E-state index < -0.39 is 5.91 Å². The number of hydrogen-bond donors (Lipinski definition) is 0. The Balaban J connectivity index is 1.37. The molecule has 0 spiro atoms. The Morgan fingerprint density at radius 3 is 2.31 bits per heavy atom. The van der Waals surface area contributed by atoms with E-state index in [1.54, 1.807) is 29.2 Å². The van der Waals surface area contributed by atoms with E-state index in [-0.39, 0.29) is 36.6 Å². The molecule has 26 heavy (non-hydrogen) atoms. The van der Waals surface area contributed by atoms with E-state index >= 15 is 0 Å². The minimum Gasteiger partial charge on any atom is -0.339 e. The summed E-state index contributed by atoms with van der Waals surface area (Å²) in [6, 6.07) is 7.00. The van der Waals surface area contributed by atoms with Crippen LogP contribution in [0.4, 0.5) is 0 Å². The summed E-state index contributed by atoms with van der Waals surface area (Å²) in [7, 11) is 0. The van der Waals surface area contributed by atoms with Gasteiger partial charge in [-0.2, -0.15) is 0 Å². The fraction of sp³-hybridized carbons (Fsp3) is 0.474. The van der Waals surface area contributed by atoms with Crippen molar-refractivity contribution in [1.29, 1.82) is 0 Å². The smallest absolute Gasteiger partial charge is 0.261 e.